The van der Waals surface area contributed by atoms with Crippen molar-refractivity contribution in [2.45, 2.75) is 19.4 Å². The molecule has 0 aliphatic rings. The van der Waals surface area contributed by atoms with Crippen LogP contribution >= 0.6 is 0 Å². The van der Waals surface area contributed by atoms with Crippen molar-refractivity contribution in [1.82, 2.24) is 0 Å². The van der Waals surface area contributed by atoms with Crippen LogP contribution in [0.25, 0.3) is 11.1 Å². The molecule has 0 aliphatic carbocycles. The summed E-state index contributed by atoms with van der Waals surface area (Å²) in [6, 6.07) is 22.0. The third-order valence-electron chi connectivity index (χ3n) is 4.47. The monoisotopic (exact) mass is 375 g/mol. The van der Waals surface area contributed by atoms with Crippen LogP contribution in [-0.2, 0) is 17.8 Å². The van der Waals surface area contributed by atoms with Gasteiger partial charge in [-0.25, -0.2) is 4.79 Å². The number of rotatable bonds is 7. The molecule has 0 saturated carbocycles. The minimum absolute atomic E-state index is 0.00599. The van der Waals surface area contributed by atoms with Gasteiger partial charge in [0.25, 0.3) is 0 Å². The van der Waals surface area contributed by atoms with Gasteiger partial charge in [-0.05, 0) is 46.9 Å². The highest BCUT2D eigenvalue weighted by Crippen LogP contribution is 2.22. The molecule has 3 N–H and O–H groups in total. The summed E-state index contributed by atoms with van der Waals surface area (Å²) >= 11 is 0. The molecule has 0 saturated heterocycles. The number of carbonyl (C=O) groups excluding carboxylic acids is 1. The number of aryl methyl sites for hydroxylation is 1. The molecule has 0 radical (unpaired) electrons. The van der Waals surface area contributed by atoms with Gasteiger partial charge in [0.05, 0.1) is 17.9 Å². The van der Waals surface area contributed by atoms with Crippen LogP contribution in [0.4, 0.5) is 5.69 Å². The molecule has 0 aliphatic heterocycles. The van der Waals surface area contributed by atoms with Crippen molar-refractivity contribution >= 4 is 17.6 Å². The Bertz CT molecular complexity index is 980. The average molecular weight is 375 g/mol. The third-order valence-corrected chi connectivity index (χ3v) is 4.47. The van der Waals surface area contributed by atoms with E-state index >= 15 is 0 Å². The fourth-order valence-corrected chi connectivity index (χ4v) is 2.96. The number of carbonyl (C=O) groups is 2. The van der Waals surface area contributed by atoms with Gasteiger partial charge in [-0.2, -0.15) is 0 Å². The van der Waals surface area contributed by atoms with E-state index in [0.29, 0.717) is 12.1 Å². The molecule has 0 heterocycles. The molecule has 3 aromatic rings. The van der Waals surface area contributed by atoms with E-state index in [1.807, 2.05) is 48.5 Å². The largest absolute Gasteiger partial charge is 0.478 e. The highest BCUT2D eigenvalue weighted by Gasteiger charge is 2.11. The van der Waals surface area contributed by atoms with E-state index in [-0.39, 0.29) is 24.5 Å². The summed E-state index contributed by atoms with van der Waals surface area (Å²) in [4.78, 5) is 23.4. The van der Waals surface area contributed by atoms with Gasteiger partial charge in [0.15, 0.2) is 0 Å². The Morgan fingerprint density at radius 3 is 2.29 bits per heavy atom. The molecule has 5 nitrogen and oxygen atoms in total. The number of aromatic carboxylic acids is 1. The molecule has 142 valence electrons. The molecular formula is C23H21NO4. The Kier molecular flexibility index (Phi) is 6.19. The summed E-state index contributed by atoms with van der Waals surface area (Å²) in [6.07, 6.45) is 0.811. The van der Waals surface area contributed by atoms with Crippen LogP contribution in [0.3, 0.4) is 0 Å². The molecule has 0 aromatic heterocycles. The summed E-state index contributed by atoms with van der Waals surface area (Å²) < 4.78 is 0. The molecule has 3 rings (SSSR count). The Labute approximate surface area is 163 Å². The van der Waals surface area contributed by atoms with E-state index < -0.39 is 5.97 Å². The number of nitrogens with one attached hydrogen (secondary N) is 1. The Morgan fingerprint density at radius 1 is 0.821 bits per heavy atom. The van der Waals surface area contributed by atoms with Crippen LogP contribution in [0.1, 0.15) is 27.9 Å². The first-order chi connectivity index (χ1) is 13.6. The van der Waals surface area contributed by atoms with Crippen LogP contribution in [0.15, 0.2) is 72.8 Å². The average Bonchev–Trinajstić information content (AvgIpc) is 2.73. The Hall–Kier alpha value is -3.44. The van der Waals surface area contributed by atoms with E-state index in [0.717, 1.165) is 22.3 Å². The summed E-state index contributed by atoms with van der Waals surface area (Å²) in [7, 11) is 0. The van der Waals surface area contributed by atoms with E-state index in [1.54, 1.807) is 18.2 Å². The van der Waals surface area contributed by atoms with Gasteiger partial charge in [-0.15, -0.1) is 0 Å². The van der Waals surface area contributed by atoms with Gasteiger partial charge >= 0.3 is 5.97 Å². The topological polar surface area (TPSA) is 86.6 Å². The minimum atomic E-state index is -1.07. The van der Waals surface area contributed by atoms with E-state index in [1.165, 1.54) is 6.07 Å². The van der Waals surface area contributed by atoms with Gasteiger partial charge in [0.2, 0.25) is 5.91 Å². The van der Waals surface area contributed by atoms with Crippen molar-refractivity contribution in [3.63, 3.8) is 0 Å². The molecule has 1 amide bonds. The van der Waals surface area contributed by atoms with Gasteiger partial charge in [-0.3, -0.25) is 4.79 Å². The zero-order valence-electron chi connectivity index (χ0n) is 15.3. The number of amides is 1. The lowest BCUT2D eigenvalue weighted by molar-refractivity contribution is -0.116. The fraction of sp³-hybridized carbons (Fsp3) is 0.130. The lowest BCUT2D eigenvalue weighted by Crippen LogP contribution is -2.15. The SMILES string of the molecule is O=C(CCc1ccc(-c2cccc(CO)c2)cc1)Nc1ccccc1C(=O)O. The highest BCUT2D eigenvalue weighted by molar-refractivity contribution is 6.00. The first-order valence-electron chi connectivity index (χ1n) is 8.98. The normalized spacial score (nSPS) is 10.5. The smallest absolute Gasteiger partial charge is 0.337 e. The predicted octanol–water partition coefficient (Wildman–Crippen LogP) is 4.12. The predicted molar refractivity (Wildman–Crippen MR) is 108 cm³/mol. The van der Waals surface area contributed by atoms with Crippen LogP contribution < -0.4 is 5.32 Å². The van der Waals surface area contributed by atoms with Crippen molar-refractivity contribution < 1.29 is 19.8 Å². The maximum atomic E-state index is 12.2. The van der Waals surface area contributed by atoms with E-state index in [4.69, 9.17) is 0 Å². The molecule has 5 heteroatoms. The third kappa shape index (κ3) is 4.84. The second kappa shape index (κ2) is 8.97. The quantitative estimate of drug-likeness (QED) is 0.580. The van der Waals surface area contributed by atoms with Crippen LogP contribution in [0, 0.1) is 0 Å². The van der Waals surface area contributed by atoms with Crippen molar-refractivity contribution in [3.8, 4) is 11.1 Å². The van der Waals surface area contributed by atoms with Crippen molar-refractivity contribution in [2.24, 2.45) is 0 Å². The van der Waals surface area contributed by atoms with Crippen LogP contribution in [0.2, 0.25) is 0 Å². The number of carboxylic acid groups (broad SMARTS) is 1. The van der Waals surface area contributed by atoms with Gasteiger partial charge in [-0.1, -0.05) is 54.6 Å². The van der Waals surface area contributed by atoms with E-state index in [2.05, 4.69) is 5.32 Å². The number of hydrogen-bond donors (Lipinski definition) is 3. The standard InChI is InChI=1S/C23H21NO4/c25-15-17-4-3-5-19(14-17)18-11-8-16(9-12-18)10-13-22(26)24-21-7-2-1-6-20(21)23(27)28/h1-9,11-12,14,25H,10,13,15H2,(H,24,26)(H,27,28). The fourth-order valence-electron chi connectivity index (χ4n) is 2.96. The number of aliphatic hydroxyl groups is 1. The zero-order valence-corrected chi connectivity index (χ0v) is 15.3. The van der Waals surface area contributed by atoms with Crippen LogP contribution in [0.5, 0.6) is 0 Å². The number of anilines is 1. The molecule has 3 aromatic carbocycles. The molecule has 0 fully saturated rings. The van der Waals surface area contributed by atoms with Crippen molar-refractivity contribution in [2.75, 3.05) is 5.32 Å². The first kappa shape index (κ1) is 19.3. The second-order valence-corrected chi connectivity index (χ2v) is 6.45. The molecule has 0 bridgehead atoms. The zero-order chi connectivity index (χ0) is 19.9. The maximum absolute atomic E-state index is 12.2. The lowest BCUT2D eigenvalue weighted by Gasteiger charge is -2.09. The molecular weight excluding hydrogens is 354 g/mol. The van der Waals surface area contributed by atoms with Crippen molar-refractivity contribution in [1.29, 1.82) is 0 Å². The molecule has 0 unspecified atom stereocenters. The van der Waals surface area contributed by atoms with Crippen molar-refractivity contribution in [3.05, 3.63) is 89.5 Å². The molecule has 0 atom stereocenters. The second-order valence-electron chi connectivity index (χ2n) is 6.45. The Balaban J connectivity index is 1.60. The summed E-state index contributed by atoms with van der Waals surface area (Å²) in [5.74, 6) is -1.30. The number of aliphatic hydroxyl groups excluding tert-OH is 1. The Morgan fingerprint density at radius 2 is 1.57 bits per heavy atom. The molecule has 0 spiro atoms. The first-order valence-corrected chi connectivity index (χ1v) is 8.98. The van der Waals surface area contributed by atoms with E-state index in [9.17, 15) is 19.8 Å². The summed E-state index contributed by atoms with van der Waals surface area (Å²) in [5, 5.41) is 21.1. The van der Waals surface area contributed by atoms with Gasteiger partial charge < -0.3 is 15.5 Å². The van der Waals surface area contributed by atoms with Gasteiger partial charge in [0, 0.05) is 6.42 Å². The number of carboxylic acids is 1. The van der Waals surface area contributed by atoms with Gasteiger partial charge in [0.1, 0.15) is 0 Å². The number of benzene rings is 3. The lowest BCUT2D eigenvalue weighted by atomic mass is 10.0. The minimum Gasteiger partial charge on any atom is -0.478 e. The summed E-state index contributed by atoms with van der Waals surface area (Å²) in [6.45, 7) is 0.00599. The molecule has 28 heavy (non-hydrogen) atoms. The maximum Gasteiger partial charge on any atom is 0.337 e. The number of para-hydroxylation sites is 1. The number of hydrogen-bond acceptors (Lipinski definition) is 3. The van der Waals surface area contributed by atoms with Crippen LogP contribution in [-0.4, -0.2) is 22.1 Å². The highest BCUT2D eigenvalue weighted by atomic mass is 16.4. The summed E-state index contributed by atoms with van der Waals surface area (Å²) in [5.41, 5.74) is 4.33.